The number of likely N-dealkylation sites (N-methyl/N-ethyl adjacent to an activating group) is 2. The van der Waals surface area contributed by atoms with Crippen LogP contribution in [0.1, 0.15) is 20.8 Å². The first kappa shape index (κ1) is 20.6. The van der Waals surface area contributed by atoms with Crippen LogP contribution in [0.5, 0.6) is 0 Å². The lowest BCUT2D eigenvalue weighted by atomic mass is 10.3. The van der Waals surface area contributed by atoms with E-state index in [1.54, 1.807) is 20.2 Å². The summed E-state index contributed by atoms with van der Waals surface area (Å²) in [5, 5.41) is 5.66. The molecule has 0 radical (unpaired) electrons. The first-order chi connectivity index (χ1) is 10.5. The Labute approximate surface area is 134 Å². The maximum Gasteiger partial charge on any atom is 0.248 e. The molecule has 0 heterocycles. The highest BCUT2D eigenvalue weighted by Gasteiger charge is 2.05. The summed E-state index contributed by atoms with van der Waals surface area (Å²) in [4.78, 5) is 13.6. The van der Waals surface area contributed by atoms with Crippen molar-refractivity contribution < 1.29 is 14.3 Å². The summed E-state index contributed by atoms with van der Waals surface area (Å²) in [6.07, 6.45) is 5.25. The zero-order valence-electron chi connectivity index (χ0n) is 14.5. The van der Waals surface area contributed by atoms with E-state index in [0.717, 1.165) is 26.3 Å². The molecule has 0 aromatic rings. The van der Waals surface area contributed by atoms with E-state index < -0.39 is 0 Å². The number of hydrogen-bond acceptors (Lipinski definition) is 5. The van der Waals surface area contributed by atoms with E-state index in [9.17, 15) is 4.79 Å². The summed E-state index contributed by atoms with van der Waals surface area (Å²) < 4.78 is 11.1. The van der Waals surface area contributed by atoms with Crippen LogP contribution in [0, 0.1) is 0 Å². The summed E-state index contributed by atoms with van der Waals surface area (Å²) in [5.41, 5.74) is 0.606. The minimum atomic E-state index is -0.245. The predicted molar refractivity (Wildman–Crippen MR) is 89.5 cm³/mol. The maximum atomic E-state index is 11.4. The molecule has 0 saturated carbocycles. The van der Waals surface area contributed by atoms with Gasteiger partial charge in [-0.1, -0.05) is 6.08 Å². The number of carbonyl (C=O) groups is 1. The molecule has 0 rings (SSSR count). The Morgan fingerprint density at radius 3 is 2.59 bits per heavy atom. The van der Waals surface area contributed by atoms with Crippen molar-refractivity contribution in [1.29, 1.82) is 0 Å². The van der Waals surface area contributed by atoms with E-state index in [-0.39, 0.29) is 12.1 Å². The van der Waals surface area contributed by atoms with Gasteiger partial charge in [-0.3, -0.25) is 4.79 Å². The Hall–Kier alpha value is -1.37. The topological polar surface area (TPSA) is 62.8 Å². The van der Waals surface area contributed by atoms with E-state index in [1.807, 2.05) is 33.0 Å². The molecule has 128 valence electrons. The largest absolute Gasteiger partial charge is 0.380 e. The monoisotopic (exact) mass is 313 g/mol. The van der Waals surface area contributed by atoms with Gasteiger partial charge in [0.25, 0.3) is 0 Å². The number of hydrogen-bond donors (Lipinski definition) is 2. The molecule has 0 spiro atoms. The standard InChI is InChI=1S/C16H31N3O3/c1-6-8-15(18-13-14(3)16(20)17-4)22-12-10-19(5)9-11-21-7-2/h6,8,13,15,18H,7,9-12H2,1-5H3,(H,17,20)/b8-6-,14-13+. The van der Waals surface area contributed by atoms with Gasteiger partial charge in [0.1, 0.15) is 6.23 Å². The van der Waals surface area contributed by atoms with Crippen LogP contribution < -0.4 is 10.6 Å². The van der Waals surface area contributed by atoms with Crippen LogP contribution in [0.25, 0.3) is 0 Å². The first-order valence-corrected chi connectivity index (χ1v) is 7.70. The van der Waals surface area contributed by atoms with Crippen LogP contribution in [-0.4, -0.2) is 64.0 Å². The van der Waals surface area contributed by atoms with E-state index in [1.165, 1.54) is 0 Å². The van der Waals surface area contributed by atoms with Crippen LogP contribution in [0.4, 0.5) is 0 Å². The summed E-state index contributed by atoms with van der Waals surface area (Å²) in [6, 6.07) is 0. The van der Waals surface area contributed by atoms with Gasteiger partial charge in [0.05, 0.1) is 13.2 Å². The lowest BCUT2D eigenvalue weighted by Crippen LogP contribution is -2.32. The zero-order chi connectivity index (χ0) is 16.8. The molecule has 0 fully saturated rings. The quantitative estimate of drug-likeness (QED) is 0.245. The van der Waals surface area contributed by atoms with Crippen molar-refractivity contribution in [2.45, 2.75) is 27.0 Å². The van der Waals surface area contributed by atoms with Gasteiger partial charge in [-0.2, -0.15) is 0 Å². The third-order valence-corrected chi connectivity index (χ3v) is 3.01. The Morgan fingerprint density at radius 1 is 1.32 bits per heavy atom. The van der Waals surface area contributed by atoms with Gasteiger partial charge in [0.2, 0.25) is 5.91 Å². The minimum absolute atomic E-state index is 0.109. The van der Waals surface area contributed by atoms with Gasteiger partial charge < -0.3 is 25.0 Å². The van der Waals surface area contributed by atoms with E-state index >= 15 is 0 Å². The lowest BCUT2D eigenvalue weighted by molar-refractivity contribution is -0.117. The van der Waals surface area contributed by atoms with Crippen molar-refractivity contribution in [3.05, 3.63) is 23.9 Å². The second-order valence-electron chi connectivity index (χ2n) is 4.89. The number of allylic oxidation sites excluding steroid dienone is 1. The van der Waals surface area contributed by atoms with Crippen molar-refractivity contribution in [1.82, 2.24) is 15.5 Å². The fourth-order valence-corrected chi connectivity index (χ4v) is 1.62. The van der Waals surface area contributed by atoms with Gasteiger partial charge in [0, 0.05) is 38.5 Å². The van der Waals surface area contributed by atoms with Crippen molar-refractivity contribution in [3.63, 3.8) is 0 Å². The second-order valence-corrected chi connectivity index (χ2v) is 4.89. The molecule has 0 aliphatic carbocycles. The number of rotatable bonds is 12. The van der Waals surface area contributed by atoms with Gasteiger partial charge in [-0.25, -0.2) is 0 Å². The molecule has 0 aliphatic rings. The molecule has 1 atom stereocenters. The SMILES string of the molecule is C/C=C\C(N/C=C(\C)C(=O)NC)OCCN(C)CCOCC. The molecule has 0 aromatic heterocycles. The minimum Gasteiger partial charge on any atom is -0.380 e. The Kier molecular flexibility index (Phi) is 12.5. The van der Waals surface area contributed by atoms with Crippen molar-refractivity contribution in [3.8, 4) is 0 Å². The highest BCUT2D eigenvalue weighted by atomic mass is 16.5. The van der Waals surface area contributed by atoms with E-state index in [0.29, 0.717) is 12.2 Å². The van der Waals surface area contributed by atoms with Crippen LogP contribution in [-0.2, 0) is 14.3 Å². The maximum absolute atomic E-state index is 11.4. The zero-order valence-corrected chi connectivity index (χ0v) is 14.5. The molecule has 22 heavy (non-hydrogen) atoms. The smallest absolute Gasteiger partial charge is 0.248 e. The van der Waals surface area contributed by atoms with Gasteiger partial charge in [-0.15, -0.1) is 0 Å². The normalized spacial score (nSPS) is 13.6. The van der Waals surface area contributed by atoms with Gasteiger partial charge in [0.15, 0.2) is 0 Å². The summed E-state index contributed by atoms with van der Waals surface area (Å²) in [7, 11) is 3.65. The summed E-state index contributed by atoms with van der Waals surface area (Å²) >= 11 is 0. The number of ether oxygens (including phenoxy) is 2. The Bertz CT molecular complexity index is 357. The number of nitrogens with one attached hydrogen (secondary N) is 2. The second kappa shape index (κ2) is 13.3. The highest BCUT2D eigenvalue weighted by molar-refractivity contribution is 5.92. The lowest BCUT2D eigenvalue weighted by Gasteiger charge is -2.19. The summed E-state index contributed by atoms with van der Waals surface area (Å²) in [5.74, 6) is -0.109. The molecule has 6 heteroatoms. The van der Waals surface area contributed by atoms with Crippen molar-refractivity contribution >= 4 is 5.91 Å². The number of nitrogens with zero attached hydrogens (tertiary/aromatic N) is 1. The molecule has 1 amide bonds. The molecular weight excluding hydrogens is 282 g/mol. The summed E-state index contributed by atoms with van der Waals surface area (Å²) in [6.45, 7) is 9.45. The molecule has 0 aromatic carbocycles. The third kappa shape index (κ3) is 10.4. The number of carbonyl (C=O) groups excluding carboxylic acids is 1. The van der Waals surface area contributed by atoms with Crippen LogP contribution >= 0.6 is 0 Å². The molecule has 0 bridgehead atoms. The first-order valence-electron chi connectivity index (χ1n) is 7.70. The fourth-order valence-electron chi connectivity index (χ4n) is 1.62. The predicted octanol–water partition coefficient (Wildman–Crippen LogP) is 1.11. The average Bonchev–Trinajstić information content (AvgIpc) is 2.51. The van der Waals surface area contributed by atoms with Gasteiger partial charge in [-0.05, 0) is 33.9 Å². The van der Waals surface area contributed by atoms with E-state index in [4.69, 9.17) is 9.47 Å². The van der Waals surface area contributed by atoms with Gasteiger partial charge >= 0.3 is 0 Å². The van der Waals surface area contributed by atoms with Crippen LogP contribution in [0.3, 0.4) is 0 Å². The van der Waals surface area contributed by atoms with Crippen LogP contribution in [0.2, 0.25) is 0 Å². The molecule has 6 nitrogen and oxygen atoms in total. The molecule has 1 unspecified atom stereocenters. The molecule has 0 saturated heterocycles. The molecule has 2 N–H and O–H groups in total. The highest BCUT2D eigenvalue weighted by Crippen LogP contribution is 1.96. The number of amides is 1. The van der Waals surface area contributed by atoms with Crippen molar-refractivity contribution in [2.75, 3.05) is 47.0 Å². The Morgan fingerprint density at radius 2 is 2.00 bits per heavy atom. The average molecular weight is 313 g/mol. The molecular formula is C16H31N3O3. The fraction of sp³-hybridized carbons (Fsp3) is 0.688. The third-order valence-electron chi connectivity index (χ3n) is 3.01. The Balaban J connectivity index is 4.12. The van der Waals surface area contributed by atoms with E-state index in [2.05, 4.69) is 15.5 Å². The molecule has 0 aliphatic heterocycles. The van der Waals surface area contributed by atoms with Crippen LogP contribution in [0.15, 0.2) is 23.9 Å². The van der Waals surface area contributed by atoms with Crippen molar-refractivity contribution in [2.24, 2.45) is 0 Å².